The summed E-state index contributed by atoms with van der Waals surface area (Å²) in [6.45, 7) is 3.48. The van der Waals surface area contributed by atoms with E-state index in [2.05, 4.69) is 15.5 Å². The normalized spacial score (nSPS) is 25.7. The van der Waals surface area contributed by atoms with E-state index in [0.717, 1.165) is 19.6 Å². The molecule has 0 saturated carbocycles. The summed E-state index contributed by atoms with van der Waals surface area (Å²) in [6, 6.07) is 0.292. The molecule has 0 radical (unpaired) electrons. The van der Waals surface area contributed by atoms with Crippen LogP contribution in [0.3, 0.4) is 0 Å². The molecule has 6 nitrogen and oxygen atoms in total. The maximum Gasteiger partial charge on any atom is 0.324 e. The number of carbonyl (C=O) groups excluding carboxylic acids is 2. The summed E-state index contributed by atoms with van der Waals surface area (Å²) in [7, 11) is 1.95. The van der Waals surface area contributed by atoms with Crippen LogP contribution >= 0.6 is 0 Å². The van der Waals surface area contributed by atoms with Crippen LogP contribution in [0.5, 0.6) is 0 Å². The Labute approximate surface area is 101 Å². The molecule has 3 amide bonds. The zero-order chi connectivity index (χ0) is 12.3. The van der Waals surface area contributed by atoms with E-state index in [-0.39, 0.29) is 18.5 Å². The molecule has 2 heterocycles. The van der Waals surface area contributed by atoms with Gasteiger partial charge in [0.2, 0.25) is 5.91 Å². The highest BCUT2D eigenvalue weighted by molar-refractivity contribution is 6.01. The molecular formula is C11H20N4O2. The second-order valence-corrected chi connectivity index (χ2v) is 4.59. The number of hydrogen-bond acceptors (Lipinski definition) is 4. The van der Waals surface area contributed by atoms with Crippen molar-refractivity contribution in [3.8, 4) is 0 Å². The van der Waals surface area contributed by atoms with Gasteiger partial charge in [0, 0.05) is 25.7 Å². The summed E-state index contributed by atoms with van der Waals surface area (Å²) in [6.07, 6.45) is 2.40. The number of likely N-dealkylation sites (tertiary alicyclic amines) is 1. The zero-order valence-electron chi connectivity index (χ0n) is 10.2. The Balaban J connectivity index is 1.81. The molecule has 17 heavy (non-hydrogen) atoms. The Hall–Kier alpha value is -1.14. The van der Waals surface area contributed by atoms with Crippen LogP contribution < -0.4 is 10.6 Å². The highest BCUT2D eigenvalue weighted by atomic mass is 16.2. The Bertz CT molecular complexity index is 292. The number of amides is 3. The van der Waals surface area contributed by atoms with Gasteiger partial charge in [-0.2, -0.15) is 0 Å². The lowest BCUT2D eigenvalue weighted by atomic mass is 10.2. The number of likely N-dealkylation sites (N-methyl/N-ethyl adjacent to an activating group) is 1. The van der Waals surface area contributed by atoms with E-state index in [1.807, 2.05) is 7.05 Å². The van der Waals surface area contributed by atoms with Crippen LogP contribution in [0, 0.1) is 0 Å². The predicted molar refractivity (Wildman–Crippen MR) is 63.6 cm³/mol. The molecule has 2 rings (SSSR count). The van der Waals surface area contributed by atoms with Gasteiger partial charge in [0.25, 0.3) is 0 Å². The Kier molecular flexibility index (Phi) is 3.96. The Morgan fingerprint density at radius 1 is 1.41 bits per heavy atom. The zero-order valence-corrected chi connectivity index (χ0v) is 10.2. The Morgan fingerprint density at radius 2 is 2.24 bits per heavy atom. The van der Waals surface area contributed by atoms with Gasteiger partial charge in [-0.3, -0.25) is 14.6 Å². The van der Waals surface area contributed by atoms with Crippen molar-refractivity contribution < 1.29 is 9.59 Å². The molecule has 2 N–H and O–H groups in total. The first-order chi connectivity index (χ1) is 8.22. The summed E-state index contributed by atoms with van der Waals surface area (Å²) in [4.78, 5) is 26.4. The van der Waals surface area contributed by atoms with E-state index in [0.29, 0.717) is 12.6 Å². The smallest absolute Gasteiger partial charge is 0.324 e. The van der Waals surface area contributed by atoms with E-state index >= 15 is 0 Å². The maximum absolute atomic E-state index is 11.4. The van der Waals surface area contributed by atoms with Crippen molar-refractivity contribution >= 4 is 11.9 Å². The van der Waals surface area contributed by atoms with Gasteiger partial charge in [0.05, 0.1) is 6.54 Å². The Morgan fingerprint density at radius 3 is 2.88 bits per heavy atom. The molecule has 6 heteroatoms. The molecule has 2 aliphatic rings. The predicted octanol–water partition coefficient (Wildman–Crippen LogP) is -0.778. The second-order valence-electron chi connectivity index (χ2n) is 4.59. The number of nitrogens with one attached hydrogen (secondary N) is 2. The van der Waals surface area contributed by atoms with Gasteiger partial charge < -0.3 is 10.6 Å². The van der Waals surface area contributed by atoms with Crippen LogP contribution in [-0.4, -0.2) is 67.6 Å². The minimum atomic E-state index is -0.251. The van der Waals surface area contributed by atoms with Crippen LogP contribution in [-0.2, 0) is 4.79 Å². The lowest BCUT2D eigenvalue weighted by Crippen LogP contribution is -2.43. The first kappa shape index (κ1) is 12.3. The van der Waals surface area contributed by atoms with Gasteiger partial charge >= 0.3 is 6.03 Å². The minimum Gasteiger partial charge on any atom is -0.329 e. The monoisotopic (exact) mass is 240 g/mol. The summed E-state index contributed by atoms with van der Waals surface area (Å²) in [5.74, 6) is -0.112. The van der Waals surface area contributed by atoms with Gasteiger partial charge in [0.15, 0.2) is 0 Å². The number of imide groups is 1. The molecule has 0 aromatic heterocycles. The first-order valence-electron chi connectivity index (χ1n) is 6.19. The fourth-order valence-corrected chi connectivity index (χ4v) is 2.57. The lowest BCUT2D eigenvalue weighted by molar-refractivity contribution is -0.125. The lowest BCUT2D eigenvalue weighted by Gasteiger charge is -2.25. The summed E-state index contributed by atoms with van der Waals surface area (Å²) < 4.78 is 0. The van der Waals surface area contributed by atoms with Crippen LogP contribution in [0.1, 0.15) is 12.8 Å². The minimum absolute atomic E-state index is 0.112. The van der Waals surface area contributed by atoms with Crippen molar-refractivity contribution in [1.29, 1.82) is 0 Å². The van der Waals surface area contributed by atoms with Gasteiger partial charge in [-0.15, -0.1) is 0 Å². The number of hydrogen-bond donors (Lipinski definition) is 2. The molecule has 1 atom stereocenters. The van der Waals surface area contributed by atoms with Gasteiger partial charge in [-0.05, 0) is 26.4 Å². The van der Waals surface area contributed by atoms with Crippen LogP contribution in [0.25, 0.3) is 0 Å². The summed E-state index contributed by atoms with van der Waals surface area (Å²) in [5, 5.41) is 5.72. The van der Waals surface area contributed by atoms with Crippen molar-refractivity contribution in [2.45, 2.75) is 18.9 Å². The van der Waals surface area contributed by atoms with Crippen LogP contribution in [0.2, 0.25) is 0 Å². The third-order valence-electron chi connectivity index (χ3n) is 3.49. The van der Waals surface area contributed by atoms with Crippen LogP contribution in [0.4, 0.5) is 4.79 Å². The van der Waals surface area contributed by atoms with E-state index < -0.39 is 0 Å². The van der Waals surface area contributed by atoms with Gasteiger partial charge in [0.1, 0.15) is 0 Å². The molecule has 0 bridgehead atoms. The quantitative estimate of drug-likeness (QED) is 0.619. The van der Waals surface area contributed by atoms with E-state index in [9.17, 15) is 9.59 Å². The van der Waals surface area contributed by atoms with E-state index in [1.54, 1.807) is 0 Å². The topological polar surface area (TPSA) is 64.7 Å². The average Bonchev–Trinajstić information content (AvgIpc) is 2.86. The standard InChI is InChI=1S/C11H20N4O2/c1-12-7-9-3-2-4-14(9)5-6-15-10(16)8-13-11(15)17/h9,12H,2-8H2,1H3,(H,13,17). The first-order valence-corrected chi connectivity index (χ1v) is 6.19. The van der Waals surface area contributed by atoms with Crippen LogP contribution in [0.15, 0.2) is 0 Å². The number of nitrogens with zero attached hydrogens (tertiary/aromatic N) is 2. The van der Waals surface area contributed by atoms with Crippen molar-refractivity contribution in [3.63, 3.8) is 0 Å². The highest BCUT2D eigenvalue weighted by Crippen LogP contribution is 2.16. The van der Waals surface area contributed by atoms with Crippen molar-refractivity contribution in [1.82, 2.24) is 20.4 Å². The molecule has 0 spiro atoms. The van der Waals surface area contributed by atoms with E-state index in [4.69, 9.17) is 0 Å². The van der Waals surface area contributed by atoms with Gasteiger partial charge in [-0.1, -0.05) is 0 Å². The third kappa shape index (κ3) is 2.76. The summed E-state index contributed by atoms with van der Waals surface area (Å²) >= 11 is 0. The van der Waals surface area contributed by atoms with Crippen molar-refractivity contribution in [2.75, 3.05) is 39.8 Å². The average molecular weight is 240 g/mol. The SMILES string of the molecule is CNCC1CCCN1CCN1C(=O)CNC1=O. The maximum atomic E-state index is 11.4. The molecule has 2 fully saturated rings. The molecule has 0 aromatic rings. The fourth-order valence-electron chi connectivity index (χ4n) is 2.57. The fraction of sp³-hybridized carbons (Fsp3) is 0.818. The molecular weight excluding hydrogens is 220 g/mol. The molecule has 2 aliphatic heterocycles. The largest absolute Gasteiger partial charge is 0.329 e. The number of rotatable bonds is 5. The second kappa shape index (κ2) is 5.46. The molecule has 1 unspecified atom stereocenters. The summed E-state index contributed by atoms with van der Waals surface area (Å²) in [5.41, 5.74) is 0. The number of carbonyl (C=O) groups is 2. The number of urea groups is 1. The van der Waals surface area contributed by atoms with Crippen molar-refractivity contribution in [3.05, 3.63) is 0 Å². The molecule has 0 aliphatic carbocycles. The van der Waals surface area contributed by atoms with Gasteiger partial charge in [-0.25, -0.2) is 4.79 Å². The molecule has 96 valence electrons. The molecule has 0 aromatic carbocycles. The highest BCUT2D eigenvalue weighted by Gasteiger charge is 2.30. The van der Waals surface area contributed by atoms with Crippen molar-refractivity contribution in [2.24, 2.45) is 0 Å². The third-order valence-corrected chi connectivity index (χ3v) is 3.49. The van der Waals surface area contributed by atoms with E-state index in [1.165, 1.54) is 17.7 Å². The molecule has 2 saturated heterocycles.